The number of carbonyl (C=O) groups excluding carboxylic acids is 2. The Hall–Kier alpha value is -1.85. The van der Waals surface area contributed by atoms with Gasteiger partial charge in [0.25, 0.3) is 5.91 Å². The Morgan fingerprint density at radius 3 is 2.70 bits per heavy atom. The SMILES string of the molecule is CC1(C)C[C@@H]2C[C@@](C)(CN2C(=O)c2n[nH]c3c2CCN(C(=O)C2CC2)C3)C1. The van der Waals surface area contributed by atoms with Crippen molar-refractivity contribution in [3.05, 3.63) is 17.0 Å². The van der Waals surface area contributed by atoms with E-state index >= 15 is 0 Å². The normalized spacial score (nSPS) is 31.7. The van der Waals surface area contributed by atoms with Crippen LogP contribution in [0.25, 0.3) is 0 Å². The van der Waals surface area contributed by atoms with Crippen LogP contribution in [0.5, 0.6) is 0 Å². The number of likely N-dealkylation sites (tertiary alicyclic amines) is 1. The highest BCUT2D eigenvalue weighted by Crippen LogP contribution is 2.52. The van der Waals surface area contributed by atoms with Crippen LogP contribution >= 0.6 is 0 Å². The van der Waals surface area contributed by atoms with E-state index in [0.717, 1.165) is 49.9 Å². The molecule has 1 N–H and O–H groups in total. The zero-order valence-electron chi connectivity index (χ0n) is 16.7. The second-order valence-electron chi connectivity index (χ2n) is 10.5. The summed E-state index contributed by atoms with van der Waals surface area (Å²) in [5.74, 6) is 0.594. The van der Waals surface area contributed by atoms with E-state index in [1.54, 1.807) is 0 Å². The molecule has 1 aromatic rings. The fourth-order valence-electron chi connectivity index (χ4n) is 6.10. The first kappa shape index (κ1) is 17.3. The minimum atomic E-state index is 0.0842. The van der Waals surface area contributed by atoms with E-state index in [1.807, 2.05) is 4.90 Å². The molecule has 6 nitrogen and oxygen atoms in total. The fraction of sp³-hybridized carbons (Fsp3) is 0.762. The van der Waals surface area contributed by atoms with E-state index in [2.05, 4.69) is 35.9 Å². The van der Waals surface area contributed by atoms with Crippen molar-refractivity contribution in [2.75, 3.05) is 13.1 Å². The Morgan fingerprint density at radius 2 is 1.96 bits per heavy atom. The number of rotatable bonds is 2. The van der Waals surface area contributed by atoms with E-state index < -0.39 is 0 Å². The van der Waals surface area contributed by atoms with Gasteiger partial charge in [-0.15, -0.1) is 0 Å². The number of amides is 2. The lowest BCUT2D eigenvalue weighted by molar-refractivity contribution is -0.133. The van der Waals surface area contributed by atoms with E-state index in [9.17, 15) is 9.59 Å². The van der Waals surface area contributed by atoms with Crippen LogP contribution in [0.15, 0.2) is 0 Å². The third kappa shape index (κ3) is 2.88. The third-order valence-corrected chi connectivity index (χ3v) is 7.05. The van der Waals surface area contributed by atoms with E-state index in [0.29, 0.717) is 30.2 Å². The molecule has 27 heavy (non-hydrogen) atoms. The molecule has 0 aromatic carbocycles. The summed E-state index contributed by atoms with van der Waals surface area (Å²) in [6.07, 6.45) is 6.15. The van der Waals surface area contributed by atoms with E-state index in [4.69, 9.17) is 0 Å². The van der Waals surface area contributed by atoms with Crippen molar-refractivity contribution < 1.29 is 9.59 Å². The lowest BCUT2D eigenvalue weighted by Gasteiger charge is -2.39. The summed E-state index contributed by atoms with van der Waals surface area (Å²) in [6, 6.07) is 0.329. The maximum absolute atomic E-state index is 13.4. The van der Waals surface area contributed by atoms with Crippen molar-refractivity contribution in [2.24, 2.45) is 16.7 Å². The molecule has 1 aromatic heterocycles. The third-order valence-electron chi connectivity index (χ3n) is 7.05. The first-order valence-electron chi connectivity index (χ1n) is 10.4. The number of H-pyrrole nitrogens is 1. The van der Waals surface area contributed by atoms with Gasteiger partial charge in [0.1, 0.15) is 0 Å². The van der Waals surface area contributed by atoms with Crippen molar-refractivity contribution in [3.63, 3.8) is 0 Å². The van der Waals surface area contributed by atoms with Crippen LogP contribution in [0.3, 0.4) is 0 Å². The number of fused-ring (bicyclic) bond motifs is 3. The number of carbonyl (C=O) groups is 2. The Labute approximate surface area is 160 Å². The fourth-order valence-corrected chi connectivity index (χ4v) is 6.10. The second kappa shape index (κ2) is 5.58. The highest BCUT2D eigenvalue weighted by atomic mass is 16.2. The van der Waals surface area contributed by atoms with Crippen molar-refractivity contribution >= 4 is 11.8 Å². The predicted octanol–water partition coefficient (Wildman–Crippen LogP) is 2.75. The molecule has 0 spiro atoms. The Morgan fingerprint density at radius 1 is 1.19 bits per heavy atom. The van der Waals surface area contributed by atoms with Gasteiger partial charge >= 0.3 is 0 Å². The van der Waals surface area contributed by atoms with E-state index in [-0.39, 0.29) is 23.1 Å². The second-order valence-corrected chi connectivity index (χ2v) is 10.5. The van der Waals surface area contributed by atoms with Crippen molar-refractivity contribution in [1.29, 1.82) is 0 Å². The van der Waals surface area contributed by atoms with Gasteiger partial charge in [0, 0.05) is 30.6 Å². The molecule has 1 saturated heterocycles. The maximum atomic E-state index is 13.4. The number of hydrogen-bond donors (Lipinski definition) is 1. The van der Waals surface area contributed by atoms with Gasteiger partial charge in [0.15, 0.2) is 5.69 Å². The predicted molar refractivity (Wildman–Crippen MR) is 101 cm³/mol. The molecule has 2 bridgehead atoms. The number of aromatic amines is 1. The van der Waals surface area contributed by atoms with Gasteiger partial charge in [-0.25, -0.2) is 0 Å². The van der Waals surface area contributed by atoms with Crippen LogP contribution < -0.4 is 0 Å². The minimum Gasteiger partial charge on any atom is -0.336 e. The standard InChI is InChI=1S/C21H30N4O2/c1-20(2)8-14-9-21(3,11-20)12-25(14)19(27)17-15-6-7-24(10-16(15)22-23-17)18(26)13-4-5-13/h13-14H,4-12H2,1-3H3,(H,22,23)/t14-,21-/m1/s1. The smallest absolute Gasteiger partial charge is 0.274 e. The molecule has 2 aliphatic carbocycles. The Kier molecular flexibility index (Phi) is 3.57. The molecule has 2 aliphatic heterocycles. The summed E-state index contributed by atoms with van der Waals surface area (Å²) >= 11 is 0. The molecule has 5 rings (SSSR count). The Bertz CT molecular complexity index is 809. The van der Waals surface area contributed by atoms with Gasteiger partial charge < -0.3 is 9.80 Å². The van der Waals surface area contributed by atoms with Gasteiger partial charge in [-0.3, -0.25) is 14.7 Å². The summed E-state index contributed by atoms with van der Waals surface area (Å²) in [6.45, 7) is 9.10. The molecule has 2 atom stereocenters. The molecule has 146 valence electrons. The first-order chi connectivity index (χ1) is 12.7. The molecule has 2 amide bonds. The van der Waals surface area contributed by atoms with Gasteiger partial charge in [-0.05, 0) is 49.4 Å². The highest BCUT2D eigenvalue weighted by molar-refractivity contribution is 5.94. The zero-order chi connectivity index (χ0) is 19.0. The summed E-state index contributed by atoms with van der Waals surface area (Å²) in [4.78, 5) is 29.7. The molecule has 0 radical (unpaired) electrons. The summed E-state index contributed by atoms with van der Waals surface area (Å²) in [7, 11) is 0. The van der Waals surface area contributed by atoms with Gasteiger partial charge in [0.2, 0.25) is 5.91 Å². The quantitative estimate of drug-likeness (QED) is 0.870. The molecule has 4 aliphatic rings. The number of hydrogen-bond acceptors (Lipinski definition) is 3. The maximum Gasteiger partial charge on any atom is 0.274 e. The Balaban J connectivity index is 1.36. The van der Waals surface area contributed by atoms with Crippen molar-refractivity contribution in [1.82, 2.24) is 20.0 Å². The molecule has 3 heterocycles. The highest BCUT2D eigenvalue weighted by Gasteiger charge is 2.51. The monoisotopic (exact) mass is 370 g/mol. The van der Waals surface area contributed by atoms with Crippen LogP contribution in [-0.2, 0) is 17.8 Å². The number of aromatic nitrogens is 2. The summed E-state index contributed by atoms with van der Waals surface area (Å²) < 4.78 is 0. The molecule has 6 heteroatoms. The molecule has 2 saturated carbocycles. The molecular weight excluding hydrogens is 340 g/mol. The van der Waals surface area contributed by atoms with Crippen LogP contribution in [0.4, 0.5) is 0 Å². The van der Waals surface area contributed by atoms with E-state index in [1.165, 1.54) is 6.42 Å². The van der Waals surface area contributed by atoms with Crippen LogP contribution in [0.1, 0.15) is 74.6 Å². The van der Waals surface area contributed by atoms with Crippen LogP contribution in [-0.4, -0.2) is 50.9 Å². The zero-order valence-corrected chi connectivity index (χ0v) is 16.7. The number of nitrogens with zero attached hydrogens (tertiary/aromatic N) is 3. The van der Waals surface area contributed by atoms with Gasteiger partial charge in [-0.1, -0.05) is 20.8 Å². The molecule has 3 fully saturated rings. The van der Waals surface area contributed by atoms with Gasteiger partial charge in [-0.2, -0.15) is 5.10 Å². The molecular formula is C21H30N4O2. The molecule has 0 unspecified atom stereocenters. The largest absolute Gasteiger partial charge is 0.336 e. The summed E-state index contributed by atoms with van der Waals surface area (Å²) in [5.41, 5.74) is 3.10. The van der Waals surface area contributed by atoms with Crippen molar-refractivity contribution in [2.45, 2.75) is 71.9 Å². The average molecular weight is 370 g/mol. The minimum absolute atomic E-state index is 0.0842. The lowest BCUT2D eigenvalue weighted by atomic mass is 9.65. The number of nitrogens with one attached hydrogen (secondary N) is 1. The summed E-state index contributed by atoms with van der Waals surface area (Å²) in [5, 5.41) is 7.48. The van der Waals surface area contributed by atoms with Crippen LogP contribution in [0, 0.1) is 16.7 Å². The van der Waals surface area contributed by atoms with Gasteiger partial charge in [0.05, 0.1) is 12.2 Å². The van der Waals surface area contributed by atoms with Crippen LogP contribution in [0.2, 0.25) is 0 Å². The average Bonchev–Trinajstić information content (AvgIpc) is 3.30. The first-order valence-corrected chi connectivity index (χ1v) is 10.4. The van der Waals surface area contributed by atoms with Crippen molar-refractivity contribution in [3.8, 4) is 0 Å². The lowest BCUT2D eigenvalue weighted by Crippen LogP contribution is -2.39. The topological polar surface area (TPSA) is 69.3 Å².